The van der Waals surface area contributed by atoms with Gasteiger partial charge in [0, 0.05) is 0 Å². The van der Waals surface area contributed by atoms with Crippen molar-refractivity contribution in [2.75, 3.05) is 11.9 Å². The average molecular weight is 396 g/mol. The van der Waals surface area contributed by atoms with Gasteiger partial charge in [-0.2, -0.15) is 0 Å². The molecule has 0 aliphatic heterocycles. The summed E-state index contributed by atoms with van der Waals surface area (Å²) in [6.45, 7) is 6.86. The third-order valence-electron chi connectivity index (χ3n) is 3.67. The first-order chi connectivity index (χ1) is 12.2. The lowest BCUT2D eigenvalue weighted by atomic mass is 10.2. The lowest BCUT2D eigenvalue weighted by Gasteiger charge is -2.12. The van der Waals surface area contributed by atoms with Crippen molar-refractivity contribution in [3.63, 3.8) is 0 Å². The van der Waals surface area contributed by atoms with Crippen molar-refractivity contribution in [3.8, 4) is 0 Å². The van der Waals surface area contributed by atoms with Gasteiger partial charge in [0.25, 0.3) is 5.91 Å². The smallest absolute Gasteiger partial charge is 0.348 e. The highest BCUT2D eigenvalue weighted by Gasteiger charge is 2.25. The fraction of sp³-hybridized carbons (Fsp3) is 0.333. The van der Waals surface area contributed by atoms with Crippen LogP contribution in [0.5, 0.6) is 0 Å². The first-order valence-electron chi connectivity index (χ1n) is 8.10. The van der Waals surface area contributed by atoms with Crippen LogP contribution in [0.15, 0.2) is 35.2 Å². The molecule has 1 aromatic heterocycles. The summed E-state index contributed by atoms with van der Waals surface area (Å²) in [5.41, 5.74) is 0.761. The largest absolute Gasteiger partial charge is 0.462 e. The molecule has 0 aliphatic rings. The van der Waals surface area contributed by atoms with Crippen molar-refractivity contribution in [2.24, 2.45) is 0 Å². The maximum atomic E-state index is 12.6. The Kier molecular flexibility index (Phi) is 6.20. The minimum Gasteiger partial charge on any atom is -0.462 e. The van der Waals surface area contributed by atoms with Crippen LogP contribution in [-0.4, -0.2) is 32.2 Å². The minimum absolute atomic E-state index is 0.00797. The number of esters is 1. The standard InChI is InChI=1S/C18H21NO5S2/c1-5-24-18(21)16-12(4)10-15(25-16)19-17(20)13-8-6-7-9-14(13)26(22,23)11(2)3/h6-11H,5H2,1-4H3,(H,19,20). The quantitative estimate of drug-likeness (QED) is 0.754. The fourth-order valence-electron chi connectivity index (χ4n) is 2.28. The fourth-order valence-corrected chi connectivity index (χ4v) is 4.48. The van der Waals surface area contributed by atoms with E-state index < -0.39 is 27.0 Å². The highest BCUT2D eigenvalue weighted by molar-refractivity contribution is 7.92. The molecule has 0 saturated heterocycles. The third kappa shape index (κ3) is 4.13. The molecule has 1 amide bonds. The summed E-state index contributed by atoms with van der Waals surface area (Å²) in [5, 5.41) is 2.48. The van der Waals surface area contributed by atoms with Crippen molar-refractivity contribution >= 4 is 38.1 Å². The second kappa shape index (κ2) is 8.01. The number of rotatable bonds is 6. The Morgan fingerprint density at radius 1 is 1.23 bits per heavy atom. The SMILES string of the molecule is CCOC(=O)c1sc(NC(=O)c2ccccc2S(=O)(=O)C(C)C)cc1C. The molecular weight excluding hydrogens is 374 g/mol. The zero-order chi connectivity index (χ0) is 19.5. The summed E-state index contributed by atoms with van der Waals surface area (Å²) in [7, 11) is -3.60. The number of aryl methyl sites for hydroxylation is 1. The summed E-state index contributed by atoms with van der Waals surface area (Å²) < 4.78 is 30.0. The zero-order valence-corrected chi connectivity index (χ0v) is 16.7. The number of thiophene rings is 1. The van der Waals surface area contributed by atoms with Gasteiger partial charge in [0.15, 0.2) is 9.84 Å². The molecule has 0 saturated carbocycles. The monoisotopic (exact) mass is 395 g/mol. The van der Waals surface area contributed by atoms with E-state index in [1.54, 1.807) is 45.9 Å². The minimum atomic E-state index is -3.60. The second-order valence-electron chi connectivity index (χ2n) is 5.89. The molecule has 1 N–H and O–H groups in total. The van der Waals surface area contributed by atoms with Gasteiger partial charge in [0.1, 0.15) is 4.88 Å². The van der Waals surface area contributed by atoms with Gasteiger partial charge in [0.05, 0.1) is 27.3 Å². The van der Waals surface area contributed by atoms with Crippen LogP contribution in [0, 0.1) is 6.92 Å². The van der Waals surface area contributed by atoms with Crippen LogP contribution in [0.2, 0.25) is 0 Å². The van der Waals surface area contributed by atoms with Gasteiger partial charge in [0.2, 0.25) is 0 Å². The molecule has 2 rings (SSSR count). The molecule has 140 valence electrons. The van der Waals surface area contributed by atoms with E-state index in [9.17, 15) is 18.0 Å². The molecular formula is C18H21NO5S2. The van der Waals surface area contributed by atoms with Gasteiger partial charge >= 0.3 is 5.97 Å². The number of sulfone groups is 1. The Morgan fingerprint density at radius 2 is 1.88 bits per heavy atom. The van der Waals surface area contributed by atoms with E-state index in [4.69, 9.17) is 4.74 Å². The van der Waals surface area contributed by atoms with Crippen LogP contribution in [0.3, 0.4) is 0 Å². The Hall–Kier alpha value is -2.19. The number of ether oxygens (including phenoxy) is 1. The number of carbonyl (C=O) groups is 2. The van der Waals surface area contributed by atoms with E-state index in [2.05, 4.69) is 5.32 Å². The highest BCUT2D eigenvalue weighted by Crippen LogP contribution is 2.29. The van der Waals surface area contributed by atoms with E-state index in [1.807, 2.05) is 0 Å². The van der Waals surface area contributed by atoms with Crippen LogP contribution in [0.25, 0.3) is 0 Å². The lowest BCUT2D eigenvalue weighted by Crippen LogP contribution is -2.20. The van der Waals surface area contributed by atoms with Crippen molar-refractivity contribution < 1.29 is 22.7 Å². The second-order valence-corrected chi connectivity index (χ2v) is 9.41. The molecule has 6 nitrogen and oxygen atoms in total. The highest BCUT2D eigenvalue weighted by atomic mass is 32.2. The van der Waals surface area contributed by atoms with Gasteiger partial charge in [-0.1, -0.05) is 12.1 Å². The molecule has 0 radical (unpaired) electrons. The molecule has 2 aromatic rings. The molecule has 0 atom stereocenters. The van der Waals surface area contributed by atoms with Gasteiger partial charge in [-0.05, 0) is 51.5 Å². The number of hydrogen-bond donors (Lipinski definition) is 1. The Morgan fingerprint density at radius 3 is 2.50 bits per heavy atom. The van der Waals surface area contributed by atoms with Crippen LogP contribution in [0.4, 0.5) is 5.00 Å². The first-order valence-corrected chi connectivity index (χ1v) is 10.5. The van der Waals surface area contributed by atoms with E-state index in [0.29, 0.717) is 15.4 Å². The molecule has 0 unspecified atom stereocenters. The predicted molar refractivity (Wildman–Crippen MR) is 102 cm³/mol. The number of nitrogens with one attached hydrogen (secondary N) is 1. The Labute approximate surface area is 157 Å². The number of benzene rings is 1. The maximum Gasteiger partial charge on any atom is 0.348 e. The topological polar surface area (TPSA) is 89.5 Å². The summed E-state index contributed by atoms with van der Waals surface area (Å²) in [6.07, 6.45) is 0. The third-order valence-corrected chi connectivity index (χ3v) is 7.02. The van der Waals surface area contributed by atoms with E-state index in [1.165, 1.54) is 12.1 Å². The molecule has 0 spiro atoms. The van der Waals surface area contributed by atoms with Gasteiger partial charge < -0.3 is 10.1 Å². The summed E-state index contributed by atoms with van der Waals surface area (Å²) in [5.74, 6) is -0.986. The van der Waals surface area contributed by atoms with E-state index in [0.717, 1.165) is 11.3 Å². The molecule has 8 heteroatoms. The van der Waals surface area contributed by atoms with Crippen molar-refractivity contribution in [1.82, 2.24) is 0 Å². The van der Waals surface area contributed by atoms with Crippen LogP contribution in [-0.2, 0) is 14.6 Å². The van der Waals surface area contributed by atoms with Crippen molar-refractivity contribution in [2.45, 2.75) is 37.8 Å². The first kappa shape index (κ1) is 20.1. The number of anilines is 1. The molecule has 1 heterocycles. The number of carbonyl (C=O) groups excluding carboxylic acids is 2. The average Bonchev–Trinajstić information content (AvgIpc) is 2.95. The predicted octanol–water partition coefficient (Wildman–Crippen LogP) is 3.67. The Bertz CT molecular complexity index is 929. The number of amides is 1. The van der Waals surface area contributed by atoms with Gasteiger partial charge in [-0.3, -0.25) is 4.79 Å². The lowest BCUT2D eigenvalue weighted by molar-refractivity contribution is 0.0531. The van der Waals surface area contributed by atoms with Crippen molar-refractivity contribution in [3.05, 3.63) is 46.3 Å². The van der Waals surface area contributed by atoms with Crippen LogP contribution in [0.1, 0.15) is 46.4 Å². The van der Waals surface area contributed by atoms with E-state index in [-0.39, 0.29) is 17.1 Å². The molecule has 0 bridgehead atoms. The molecule has 1 aromatic carbocycles. The Balaban J connectivity index is 2.33. The van der Waals surface area contributed by atoms with Gasteiger partial charge in [-0.25, -0.2) is 13.2 Å². The maximum absolute atomic E-state index is 12.6. The van der Waals surface area contributed by atoms with E-state index >= 15 is 0 Å². The molecule has 26 heavy (non-hydrogen) atoms. The van der Waals surface area contributed by atoms with Crippen molar-refractivity contribution in [1.29, 1.82) is 0 Å². The zero-order valence-electron chi connectivity index (χ0n) is 15.0. The molecule has 0 aliphatic carbocycles. The van der Waals surface area contributed by atoms with Crippen LogP contribution < -0.4 is 5.32 Å². The summed E-state index contributed by atoms with van der Waals surface area (Å²) >= 11 is 1.09. The number of hydrogen-bond acceptors (Lipinski definition) is 6. The van der Waals surface area contributed by atoms with Gasteiger partial charge in [-0.15, -0.1) is 11.3 Å². The summed E-state index contributed by atoms with van der Waals surface area (Å²) in [6, 6.07) is 7.75. The summed E-state index contributed by atoms with van der Waals surface area (Å²) in [4.78, 5) is 24.9. The normalized spacial score (nSPS) is 11.4. The molecule has 0 fully saturated rings. The van der Waals surface area contributed by atoms with Crippen LogP contribution >= 0.6 is 11.3 Å².